The number of aromatic amines is 1. The molecule has 0 radical (unpaired) electrons. The highest BCUT2D eigenvalue weighted by molar-refractivity contribution is 5.87. The number of aromatic hydroxyl groups is 1. The lowest BCUT2D eigenvalue weighted by Crippen LogP contribution is -2.06. The predicted octanol–water partition coefficient (Wildman–Crippen LogP) is 1.80. The zero-order valence-corrected chi connectivity index (χ0v) is 7.87. The van der Waals surface area contributed by atoms with Gasteiger partial charge in [-0.3, -0.25) is 4.79 Å². The van der Waals surface area contributed by atoms with Crippen LogP contribution in [0.25, 0.3) is 10.9 Å². The number of aryl methyl sites for hydroxylation is 1. The smallest absolute Gasteiger partial charge is 0.248 e. The molecule has 1 heterocycles. The molecule has 2 aromatic rings. The molecule has 2 rings (SSSR count). The summed E-state index contributed by atoms with van der Waals surface area (Å²) in [4.78, 5) is 13.9. The molecule has 0 amide bonds. The Morgan fingerprint density at radius 3 is 2.93 bits per heavy atom. The van der Waals surface area contributed by atoms with Crippen LogP contribution in [0.4, 0.5) is 0 Å². The third-order valence-corrected chi connectivity index (χ3v) is 2.31. The van der Waals surface area contributed by atoms with E-state index in [9.17, 15) is 9.90 Å². The highest BCUT2D eigenvalue weighted by Gasteiger charge is 2.05. The molecule has 72 valence electrons. The molecular weight excluding hydrogens is 178 g/mol. The van der Waals surface area contributed by atoms with Crippen LogP contribution in [-0.4, -0.2) is 10.1 Å². The van der Waals surface area contributed by atoms with E-state index in [0.29, 0.717) is 5.52 Å². The standard InChI is InChI=1S/C11H11NO2/c1-2-7-6-10(14)12-8-4-3-5-9(13)11(7)8/h3-6,13H,2H2,1H3,(H,12,14). The highest BCUT2D eigenvalue weighted by atomic mass is 16.3. The molecule has 0 unspecified atom stereocenters. The molecule has 14 heavy (non-hydrogen) atoms. The van der Waals surface area contributed by atoms with E-state index in [4.69, 9.17) is 0 Å². The Labute approximate surface area is 81.0 Å². The third-order valence-electron chi connectivity index (χ3n) is 2.31. The Balaban J connectivity index is 2.96. The van der Waals surface area contributed by atoms with Gasteiger partial charge in [0.1, 0.15) is 5.75 Å². The molecule has 1 aromatic carbocycles. The number of phenols is 1. The van der Waals surface area contributed by atoms with E-state index in [1.807, 2.05) is 6.92 Å². The van der Waals surface area contributed by atoms with Gasteiger partial charge in [-0.25, -0.2) is 0 Å². The zero-order valence-electron chi connectivity index (χ0n) is 7.87. The summed E-state index contributed by atoms with van der Waals surface area (Å²) < 4.78 is 0. The maximum Gasteiger partial charge on any atom is 0.248 e. The van der Waals surface area contributed by atoms with Crippen LogP contribution in [0.5, 0.6) is 5.75 Å². The number of H-pyrrole nitrogens is 1. The Morgan fingerprint density at radius 2 is 2.21 bits per heavy atom. The first-order chi connectivity index (χ1) is 6.72. The van der Waals surface area contributed by atoms with Crippen LogP contribution in [0.15, 0.2) is 29.1 Å². The van der Waals surface area contributed by atoms with E-state index in [1.54, 1.807) is 18.2 Å². The Morgan fingerprint density at radius 1 is 1.43 bits per heavy atom. The van der Waals surface area contributed by atoms with E-state index < -0.39 is 0 Å². The molecule has 1 aromatic heterocycles. The molecule has 0 aliphatic rings. The number of hydrogen-bond acceptors (Lipinski definition) is 2. The van der Waals surface area contributed by atoms with Crippen molar-refractivity contribution in [1.29, 1.82) is 0 Å². The summed E-state index contributed by atoms with van der Waals surface area (Å²) in [6, 6.07) is 6.66. The fourth-order valence-electron chi connectivity index (χ4n) is 1.66. The first-order valence-electron chi connectivity index (χ1n) is 4.56. The molecule has 3 nitrogen and oxygen atoms in total. The molecule has 0 bridgehead atoms. The third kappa shape index (κ3) is 1.27. The van der Waals surface area contributed by atoms with Crippen molar-refractivity contribution in [3.63, 3.8) is 0 Å². The van der Waals surface area contributed by atoms with E-state index in [2.05, 4.69) is 4.98 Å². The van der Waals surface area contributed by atoms with Gasteiger partial charge in [-0.1, -0.05) is 13.0 Å². The molecule has 0 aliphatic carbocycles. The number of fused-ring (bicyclic) bond motifs is 1. The summed E-state index contributed by atoms with van der Waals surface area (Å²) in [5.74, 6) is 0.218. The molecule has 2 N–H and O–H groups in total. The van der Waals surface area contributed by atoms with Crippen LogP contribution in [0.2, 0.25) is 0 Å². The summed E-state index contributed by atoms with van der Waals surface area (Å²) in [7, 11) is 0. The topological polar surface area (TPSA) is 53.1 Å². The van der Waals surface area contributed by atoms with Crippen molar-refractivity contribution < 1.29 is 5.11 Å². The van der Waals surface area contributed by atoms with Gasteiger partial charge >= 0.3 is 0 Å². The fourth-order valence-corrected chi connectivity index (χ4v) is 1.66. The minimum atomic E-state index is -0.125. The van der Waals surface area contributed by atoms with Gasteiger partial charge in [0.25, 0.3) is 0 Å². The maximum absolute atomic E-state index is 11.2. The Bertz CT molecular complexity index is 528. The summed E-state index contributed by atoms with van der Waals surface area (Å²) in [5, 5.41) is 10.4. The minimum absolute atomic E-state index is 0.125. The average Bonchev–Trinajstić information content (AvgIpc) is 2.16. The molecule has 0 spiro atoms. The van der Waals surface area contributed by atoms with Crippen molar-refractivity contribution in [1.82, 2.24) is 4.98 Å². The van der Waals surface area contributed by atoms with Gasteiger partial charge in [-0.05, 0) is 24.1 Å². The molecule has 0 fully saturated rings. The van der Waals surface area contributed by atoms with Gasteiger partial charge in [-0.15, -0.1) is 0 Å². The number of pyridine rings is 1. The molecule has 0 saturated heterocycles. The van der Waals surface area contributed by atoms with Crippen molar-refractivity contribution in [2.45, 2.75) is 13.3 Å². The molecule has 0 aliphatic heterocycles. The summed E-state index contributed by atoms with van der Waals surface area (Å²) >= 11 is 0. The molecular formula is C11H11NO2. The zero-order chi connectivity index (χ0) is 10.1. The van der Waals surface area contributed by atoms with Crippen LogP contribution in [-0.2, 0) is 6.42 Å². The minimum Gasteiger partial charge on any atom is -0.507 e. The number of phenolic OH excluding ortho intramolecular Hbond substituents is 1. The number of hydrogen-bond donors (Lipinski definition) is 2. The summed E-state index contributed by atoms with van der Waals surface area (Å²) in [6.45, 7) is 1.96. The molecule has 3 heteroatoms. The highest BCUT2D eigenvalue weighted by Crippen LogP contribution is 2.25. The summed E-state index contributed by atoms with van der Waals surface area (Å²) in [5.41, 5.74) is 1.44. The second kappa shape index (κ2) is 3.18. The first kappa shape index (κ1) is 8.81. The summed E-state index contributed by atoms with van der Waals surface area (Å²) in [6.07, 6.45) is 0.734. The SMILES string of the molecule is CCc1cc(=O)[nH]c2cccc(O)c12. The van der Waals surface area contributed by atoms with Gasteiger partial charge in [0.05, 0.1) is 5.52 Å². The van der Waals surface area contributed by atoms with Gasteiger partial charge in [0.15, 0.2) is 0 Å². The normalized spacial score (nSPS) is 10.6. The lowest BCUT2D eigenvalue weighted by molar-refractivity contribution is 0.481. The van der Waals surface area contributed by atoms with Crippen molar-refractivity contribution in [2.24, 2.45) is 0 Å². The van der Waals surface area contributed by atoms with E-state index in [0.717, 1.165) is 17.4 Å². The number of benzene rings is 1. The van der Waals surface area contributed by atoms with E-state index in [-0.39, 0.29) is 11.3 Å². The molecule has 0 atom stereocenters. The Kier molecular flexibility index (Phi) is 2.00. The second-order valence-corrected chi connectivity index (χ2v) is 3.21. The average molecular weight is 189 g/mol. The quantitative estimate of drug-likeness (QED) is 0.718. The number of nitrogens with one attached hydrogen (secondary N) is 1. The molecule has 0 saturated carbocycles. The number of aromatic nitrogens is 1. The van der Waals surface area contributed by atoms with Crippen molar-refractivity contribution >= 4 is 10.9 Å². The Hall–Kier alpha value is -1.77. The van der Waals surface area contributed by atoms with Gasteiger partial charge in [0.2, 0.25) is 5.56 Å². The lowest BCUT2D eigenvalue weighted by atomic mass is 10.1. The first-order valence-corrected chi connectivity index (χ1v) is 4.56. The number of rotatable bonds is 1. The van der Waals surface area contributed by atoms with E-state index >= 15 is 0 Å². The van der Waals surface area contributed by atoms with Crippen molar-refractivity contribution in [3.8, 4) is 5.75 Å². The van der Waals surface area contributed by atoms with Gasteiger partial charge < -0.3 is 10.1 Å². The lowest BCUT2D eigenvalue weighted by Gasteiger charge is -2.05. The van der Waals surface area contributed by atoms with Crippen LogP contribution in [0.3, 0.4) is 0 Å². The van der Waals surface area contributed by atoms with Crippen LogP contribution >= 0.6 is 0 Å². The van der Waals surface area contributed by atoms with Crippen molar-refractivity contribution in [2.75, 3.05) is 0 Å². The van der Waals surface area contributed by atoms with Crippen LogP contribution in [0, 0.1) is 0 Å². The van der Waals surface area contributed by atoms with Gasteiger partial charge in [-0.2, -0.15) is 0 Å². The predicted molar refractivity (Wildman–Crippen MR) is 55.6 cm³/mol. The van der Waals surface area contributed by atoms with E-state index in [1.165, 1.54) is 6.07 Å². The second-order valence-electron chi connectivity index (χ2n) is 3.21. The van der Waals surface area contributed by atoms with Crippen LogP contribution < -0.4 is 5.56 Å². The van der Waals surface area contributed by atoms with Crippen molar-refractivity contribution in [3.05, 3.63) is 40.2 Å². The fraction of sp³-hybridized carbons (Fsp3) is 0.182. The maximum atomic E-state index is 11.2. The largest absolute Gasteiger partial charge is 0.507 e. The van der Waals surface area contributed by atoms with Crippen LogP contribution in [0.1, 0.15) is 12.5 Å². The monoisotopic (exact) mass is 189 g/mol. The van der Waals surface area contributed by atoms with Gasteiger partial charge in [0, 0.05) is 11.5 Å².